The molecule has 0 aliphatic carbocycles. The van der Waals surface area contributed by atoms with Crippen LogP contribution < -0.4 is 0 Å². The molecule has 5 rings (SSSR count). The molecule has 0 saturated carbocycles. The molecule has 44 heavy (non-hydrogen) atoms. The fraction of sp³-hybridized carbons (Fsp3) is 0.211. The summed E-state index contributed by atoms with van der Waals surface area (Å²) in [7, 11) is 9.53. The maximum absolute atomic E-state index is 6.87. The molecule has 0 bridgehead atoms. The Hall–Kier alpha value is -3.40. The standard InChI is InChI=1S/C38H38N2O.2ClH.Fe/c1-23-19-25(3)33(26(4)20-23)39-35(31-15-11-9-12-16-31)37-29(7)30(8)38(41-37)36(32-17-13-10-14-18-32)40-34-27(5)21-24(2)22-28(34)6;;;/h9-22H,1-8H3;2*1H;/q;;;+2/p-2. The summed E-state index contributed by atoms with van der Waals surface area (Å²) in [5.41, 5.74) is 14.8. The zero-order chi connectivity index (χ0) is 32.0. The van der Waals surface area contributed by atoms with Crippen LogP contribution in [0.5, 0.6) is 0 Å². The van der Waals surface area contributed by atoms with Gasteiger partial charge in [-0.2, -0.15) is 0 Å². The molecule has 0 saturated heterocycles. The Morgan fingerprint density at radius 2 is 0.818 bits per heavy atom. The van der Waals surface area contributed by atoms with Crippen molar-refractivity contribution < 1.29 is 17.6 Å². The maximum atomic E-state index is 6.87. The summed E-state index contributed by atoms with van der Waals surface area (Å²) >= 11 is 0.194. The van der Waals surface area contributed by atoms with Crippen LogP contribution in [0.2, 0.25) is 0 Å². The van der Waals surface area contributed by atoms with Gasteiger partial charge in [0.2, 0.25) is 0 Å². The van der Waals surface area contributed by atoms with Gasteiger partial charge >= 0.3 is 33.3 Å². The first-order valence-electron chi connectivity index (χ1n) is 14.5. The number of aliphatic imine (C=N–C) groups is 2. The third-order valence-corrected chi connectivity index (χ3v) is 7.69. The number of rotatable bonds is 6. The summed E-state index contributed by atoms with van der Waals surface area (Å²) in [6.45, 7) is 17.0. The Bertz CT molecular complexity index is 1650. The number of furan rings is 1. The van der Waals surface area contributed by atoms with Gasteiger partial charge in [0.25, 0.3) is 0 Å². The van der Waals surface area contributed by atoms with Gasteiger partial charge in [-0.15, -0.1) is 0 Å². The van der Waals surface area contributed by atoms with Gasteiger partial charge in [-0.25, -0.2) is 9.98 Å². The second kappa shape index (κ2) is 15.1. The van der Waals surface area contributed by atoms with E-state index in [2.05, 4.69) is 104 Å². The van der Waals surface area contributed by atoms with E-state index in [1.807, 2.05) is 36.4 Å². The van der Waals surface area contributed by atoms with Crippen LogP contribution in [0, 0.1) is 55.4 Å². The van der Waals surface area contributed by atoms with E-state index >= 15 is 0 Å². The van der Waals surface area contributed by atoms with Crippen molar-refractivity contribution >= 4 is 43.0 Å². The van der Waals surface area contributed by atoms with Gasteiger partial charge in [0.05, 0.1) is 11.4 Å². The Morgan fingerprint density at radius 3 is 1.11 bits per heavy atom. The van der Waals surface area contributed by atoms with Gasteiger partial charge in [-0.3, -0.25) is 0 Å². The van der Waals surface area contributed by atoms with Gasteiger partial charge in [-0.05, 0) is 77.6 Å². The number of hydrogen-bond acceptors (Lipinski definition) is 3. The molecule has 0 spiro atoms. The number of benzene rings is 4. The number of halogens is 2. The van der Waals surface area contributed by atoms with Gasteiger partial charge in [-0.1, -0.05) is 96.1 Å². The minimum absolute atomic E-state index is 0.194. The summed E-state index contributed by atoms with van der Waals surface area (Å²) < 4.78 is 6.87. The van der Waals surface area contributed by atoms with Crippen molar-refractivity contribution in [1.82, 2.24) is 0 Å². The van der Waals surface area contributed by atoms with E-state index in [1.165, 1.54) is 11.1 Å². The van der Waals surface area contributed by atoms with Crippen molar-refractivity contribution in [2.45, 2.75) is 55.4 Å². The van der Waals surface area contributed by atoms with Gasteiger partial charge in [0.1, 0.15) is 11.4 Å². The van der Waals surface area contributed by atoms with E-state index in [9.17, 15) is 0 Å². The molecule has 0 amide bonds. The topological polar surface area (TPSA) is 37.9 Å². The van der Waals surface area contributed by atoms with Crippen molar-refractivity contribution in [2.75, 3.05) is 0 Å². The Labute approximate surface area is 276 Å². The second-order valence-electron chi connectivity index (χ2n) is 11.2. The van der Waals surface area contributed by atoms with Crippen molar-refractivity contribution in [3.05, 3.63) is 152 Å². The van der Waals surface area contributed by atoms with E-state index < -0.39 is 0 Å². The molecule has 0 radical (unpaired) electrons. The van der Waals surface area contributed by atoms with Crippen LogP contribution in [-0.4, -0.2) is 11.4 Å². The molecular weight excluding hydrogens is 627 g/mol. The van der Waals surface area contributed by atoms with Gasteiger partial charge in [0, 0.05) is 22.3 Å². The van der Waals surface area contributed by atoms with Gasteiger partial charge < -0.3 is 4.42 Å². The van der Waals surface area contributed by atoms with E-state index in [0.29, 0.717) is 0 Å². The Kier molecular flexibility index (Phi) is 11.5. The second-order valence-corrected chi connectivity index (χ2v) is 13.0. The molecular formula is C38H38Cl2FeN2O. The number of hydrogen-bond donors (Lipinski definition) is 0. The predicted molar refractivity (Wildman–Crippen MR) is 185 cm³/mol. The fourth-order valence-corrected chi connectivity index (χ4v) is 5.65. The molecule has 228 valence electrons. The average molecular weight is 665 g/mol. The molecule has 0 atom stereocenters. The van der Waals surface area contributed by atoms with Crippen LogP contribution >= 0.6 is 20.2 Å². The van der Waals surface area contributed by atoms with E-state index in [1.54, 1.807) is 0 Å². The first-order chi connectivity index (χ1) is 21.0. The van der Waals surface area contributed by atoms with E-state index in [-0.39, 0.29) is 13.1 Å². The molecule has 1 heterocycles. The van der Waals surface area contributed by atoms with Crippen LogP contribution in [0.1, 0.15) is 67.2 Å². The number of aryl methyl sites for hydroxylation is 6. The number of nitrogens with zero attached hydrogens (tertiary/aromatic N) is 2. The van der Waals surface area contributed by atoms with Crippen molar-refractivity contribution in [2.24, 2.45) is 9.98 Å². The third kappa shape index (κ3) is 7.62. The third-order valence-electron chi connectivity index (χ3n) is 7.69. The summed E-state index contributed by atoms with van der Waals surface area (Å²) in [6, 6.07) is 29.4. The summed E-state index contributed by atoms with van der Waals surface area (Å²) in [5.74, 6) is 1.54. The van der Waals surface area contributed by atoms with Crippen LogP contribution in [-0.2, 0) is 13.1 Å². The Morgan fingerprint density at radius 1 is 0.523 bits per heavy atom. The van der Waals surface area contributed by atoms with Crippen molar-refractivity contribution in [3.63, 3.8) is 0 Å². The monoisotopic (exact) mass is 664 g/mol. The van der Waals surface area contributed by atoms with Crippen LogP contribution in [0.15, 0.2) is 99.3 Å². The molecule has 0 aliphatic heterocycles. The zero-order valence-electron chi connectivity index (χ0n) is 26.5. The molecule has 4 aromatic carbocycles. The predicted octanol–water partition coefficient (Wildman–Crippen LogP) is 11.5. The molecule has 3 nitrogen and oxygen atoms in total. The normalized spacial score (nSPS) is 11.9. The fourth-order valence-electron chi connectivity index (χ4n) is 5.65. The molecule has 0 aliphatic rings. The molecule has 0 fully saturated rings. The first-order valence-corrected chi connectivity index (χ1v) is 17.5. The van der Waals surface area contributed by atoms with E-state index in [0.717, 1.165) is 78.8 Å². The van der Waals surface area contributed by atoms with Crippen molar-refractivity contribution in [1.29, 1.82) is 0 Å². The summed E-state index contributed by atoms with van der Waals surface area (Å²) in [4.78, 5) is 10.6. The quantitative estimate of drug-likeness (QED) is 0.131. The molecule has 0 unspecified atom stereocenters. The minimum atomic E-state index is 0.194. The van der Waals surface area contributed by atoms with Crippen LogP contribution in [0.25, 0.3) is 0 Å². The van der Waals surface area contributed by atoms with Crippen LogP contribution in [0.4, 0.5) is 11.4 Å². The van der Waals surface area contributed by atoms with Crippen molar-refractivity contribution in [3.8, 4) is 0 Å². The molecule has 6 heteroatoms. The Balaban J connectivity index is 0.00000141. The summed E-state index contributed by atoms with van der Waals surface area (Å²) in [5, 5.41) is 0. The summed E-state index contributed by atoms with van der Waals surface area (Å²) in [6.07, 6.45) is 0. The zero-order valence-corrected chi connectivity index (χ0v) is 29.1. The molecule has 5 aromatic rings. The first kappa shape index (κ1) is 33.5. The SMILES string of the molecule is Cc1cc(C)c(N=C(c2ccccc2)c2oc(C(=Nc3c(C)cc(C)cc3C)c3ccccc3)c(C)c2C)c(C)c1.[Cl][Fe][Cl]. The van der Waals surface area contributed by atoms with Crippen LogP contribution in [0.3, 0.4) is 0 Å². The molecule has 0 N–H and O–H groups in total. The van der Waals surface area contributed by atoms with Gasteiger partial charge in [0.15, 0.2) is 11.5 Å². The van der Waals surface area contributed by atoms with E-state index in [4.69, 9.17) is 34.6 Å². The average Bonchev–Trinajstić information content (AvgIpc) is 3.27. The molecule has 1 aromatic heterocycles.